The molecule has 2 aromatic carbocycles. The minimum absolute atomic E-state index is 0.183. The Bertz CT molecular complexity index is 1680. The van der Waals surface area contributed by atoms with Gasteiger partial charge in [-0.25, -0.2) is 9.18 Å². The smallest absolute Gasteiger partial charge is 0.337 e. The van der Waals surface area contributed by atoms with Crippen molar-refractivity contribution in [1.29, 1.82) is 0 Å². The van der Waals surface area contributed by atoms with E-state index in [0.29, 0.717) is 36.6 Å². The number of rotatable bonds is 11. The molecule has 0 aliphatic carbocycles. The van der Waals surface area contributed by atoms with Crippen LogP contribution in [0.1, 0.15) is 81.9 Å². The van der Waals surface area contributed by atoms with Crippen molar-refractivity contribution >= 4 is 11.7 Å². The molecular formula is C37H46FN5O4. The number of nitrogens with zero attached hydrogens (tertiary/aromatic N) is 5. The quantitative estimate of drug-likeness (QED) is 0.181. The molecule has 1 N–H and O–H groups in total. The van der Waals surface area contributed by atoms with E-state index in [1.807, 2.05) is 63.5 Å². The van der Waals surface area contributed by atoms with Gasteiger partial charge in [-0.05, 0) is 88.3 Å². The van der Waals surface area contributed by atoms with E-state index in [9.17, 15) is 14.3 Å². The minimum Gasteiger partial charge on any atom is -0.493 e. The van der Waals surface area contributed by atoms with Crippen molar-refractivity contribution in [3.05, 3.63) is 89.0 Å². The Hall–Kier alpha value is -4.31. The first kappa shape index (κ1) is 34.0. The average Bonchev–Trinajstić information content (AvgIpc) is 3.41. The molecule has 5 rings (SSSR count). The van der Waals surface area contributed by atoms with Gasteiger partial charge in [0.25, 0.3) is 0 Å². The topological polar surface area (TPSA) is 103 Å². The molecule has 3 heterocycles. The first-order valence-electron chi connectivity index (χ1n) is 16.2. The van der Waals surface area contributed by atoms with E-state index in [0.717, 1.165) is 59.8 Å². The van der Waals surface area contributed by atoms with Crippen LogP contribution in [-0.2, 0) is 22.5 Å². The molecule has 0 spiro atoms. The van der Waals surface area contributed by atoms with Crippen LogP contribution in [0, 0.1) is 25.1 Å². The highest BCUT2D eigenvalue weighted by Gasteiger charge is 2.37. The Morgan fingerprint density at radius 1 is 1.04 bits per heavy atom. The van der Waals surface area contributed by atoms with Crippen LogP contribution in [0.15, 0.2) is 54.9 Å². The summed E-state index contributed by atoms with van der Waals surface area (Å²) in [4.78, 5) is 20.4. The maximum Gasteiger partial charge on any atom is 0.337 e. The van der Waals surface area contributed by atoms with E-state index in [-0.39, 0.29) is 11.2 Å². The number of ether oxygens (including phenoxy) is 2. The van der Waals surface area contributed by atoms with Crippen molar-refractivity contribution in [3.8, 4) is 16.9 Å². The summed E-state index contributed by atoms with van der Waals surface area (Å²) in [6.45, 7) is 16.3. The number of anilines is 1. The van der Waals surface area contributed by atoms with Gasteiger partial charge in [-0.1, -0.05) is 38.1 Å². The number of aryl methyl sites for hydroxylation is 2. The molecule has 0 bridgehead atoms. The summed E-state index contributed by atoms with van der Waals surface area (Å²) in [6, 6.07) is 14.3. The third-order valence-corrected chi connectivity index (χ3v) is 8.71. The lowest BCUT2D eigenvalue weighted by molar-refractivity contribution is -0.160. The zero-order chi connectivity index (χ0) is 33.9. The highest BCUT2D eigenvalue weighted by Crippen LogP contribution is 2.45. The van der Waals surface area contributed by atoms with Crippen LogP contribution in [0.25, 0.3) is 11.1 Å². The van der Waals surface area contributed by atoms with Crippen LogP contribution in [0.5, 0.6) is 5.75 Å². The number of aliphatic carboxylic acids is 1. The maximum absolute atomic E-state index is 13.3. The fourth-order valence-corrected chi connectivity index (χ4v) is 6.03. The summed E-state index contributed by atoms with van der Waals surface area (Å²) >= 11 is 0. The molecule has 47 heavy (non-hydrogen) atoms. The van der Waals surface area contributed by atoms with Crippen LogP contribution in [-0.4, -0.2) is 56.1 Å². The Labute approximate surface area is 276 Å². The molecule has 250 valence electrons. The van der Waals surface area contributed by atoms with Crippen molar-refractivity contribution in [2.75, 3.05) is 24.6 Å². The number of pyridine rings is 1. The Kier molecular flexibility index (Phi) is 10.0. The third kappa shape index (κ3) is 8.35. The zero-order valence-corrected chi connectivity index (χ0v) is 28.5. The minimum atomic E-state index is -1.22. The van der Waals surface area contributed by atoms with Gasteiger partial charge >= 0.3 is 5.97 Å². The predicted octanol–water partition coefficient (Wildman–Crippen LogP) is 7.33. The van der Waals surface area contributed by atoms with Crippen molar-refractivity contribution in [2.45, 2.75) is 86.0 Å². The van der Waals surface area contributed by atoms with E-state index in [4.69, 9.17) is 14.5 Å². The number of carboxylic acid groups (broad SMARTS) is 1. The SMILES string of the molecule is Cc1nc(Cn2cnnc2C)c(-c2ccc(OCCc3ccc(F)cc3)cc2)c(N2CCC(C)(C)CC2)c1C(OC(C)(C)C)C(=O)O. The fraction of sp³-hybridized carbons (Fsp3) is 0.459. The van der Waals surface area contributed by atoms with Gasteiger partial charge < -0.3 is 24.0 Å². The zero-order valence-electron chi connectivity index (χ0n) is 28.5. The van der Waals surface area contributed by atoms with E-state index < -0.39 is 17.7 Å². The molecule has 1 atom stereocenters. The molecular weight excluding hydrogens is 597 g/mol. The predicted molar refractivity (Wildman–Crippen MR) is 180 cm³/mol. The summed E-state index contributed by atoms with van der Waals surface area (Å²) in [5.74, 6) is 0.144. The van der Waals surface area contributed by atoms with E-state index in [2.05, 4.69) is 28.9 Å². The number of hydrogen-bond donors (Lipinski definition) is 1. The number of aromatic nitrogens is 4. The first-order chi connectivity index (χ1) is 22.2. The molecule has 1 aliphatic rings. The van der Waals surface area contributed by atoms with Gasteiger partial charge in [0.15, 0.2) is 6.10 Å². The highest BCUT2D eigenvalue weighted by molar-refractivity contribution is 5.88. The standard InChI is InChI=1S/C37H46FN5O4/c1-24-31(34(35(44)45)47-36(3,4)5)33(42-19-17-37(6,7)18-20-42)32(30(40-24)22-43-23-39-41-25(43)2)27-10-14-29(15-11-27)46-21-16-26-8-12-28(38)13-9-26/h8-15,23,34H,16-22H2,1-7H3,(H,44,45). The van der Waals surface area contributed by atoms with Crippen molar-refractivity contribution in [3.63, 3.8) is 0 Å². The monoisotopic (exact) mass is 643 g/mol. The maximum atomic E-state index is 13.3. The first-order valence-corrected chi connectivity index (χ1v) is 16.2. The molecule has 0 radical (unpaired) electrons. The van der Waals surface area contributed by atoms with E-state index in [1.165, 1.54) is 12.1 Å². The lowest BCUT2D eigenvalue weighted by Crippen LogP contribution is -2.39. The molecule has 0 saturated carbocycles. The van der Waals surface area contributed by atoms with E-state index in [1.54, 1.807) is 18.5 Å². The summed E-state index contributed by atoms with van der Waals surface area (Å²) in [5.41, 5.74) is 5.05. The second-order valence-corrected chi connectivity index (χ2v) is 14.1. The van der Waals surface area contributed by atoms with Gasteiger partial charge in [-0.15, -0.1) is 10.2 Å². The second-order valence-electron chi connectivity index (χ2n) is 14.1. The van der Waals surface area contributed by atoms with Crippen molar-refractivity contribution in [2.24, 2.45) is 5.41 Å². The second kappa shape index (κ2) is 13.8. The van der Waals surface area contributed by atoms with Crippen LogP contribution < -0.4 is 9.64 Å². The van der Waals surface area contributed by atoms with Crippen LogP contribution in [0.2, 0.25) is 0 Å². The molecule has 1 saturated heterocycles. The molecule has 10 heteroatoms. The number of halogens is 1. The lowest BCUT2D eigenvalue weighted by atomic mass is 9.81. The van der Waals surface area contributed by atoms with Crippen molar-refractivity contribution in [1.82, 2.24) is 19.7 Å². The van der Waals surface area contributed by atoms with Crippen LogP contribution in [0.4, 0.5) is 10.1 Å². The molecule has 4 aromatic rings. The molecule has 1 fully saturated rings. The van der Waals surface area contributed by atoms with Gasteiger partial charge in [0.1, 0.15) is 23.7 Å². The van der Waals surface area contributed by atoms with Gasteiger partial charge in [0.2, 0.25) is 0 Å². The summed E-state index contributed by atoms with van der Waals surface area (Å²) < 4.78 is 27.6. The van der Waals surface area contributed by atoms with Gasteiger partial charge in [0.05, 0.1) is 30.1 Å². The van der Waals surface area contributed by atoms with Gasteiger partial charge in [-0.3, -0.25) is 4.98 Å². The third-order valence-electron chi connectivity index (χ3n) is 8.71. The normalized spacial score (nSPS) is 15.4. The molecule has 1 unspecified atom stereocenters. The summed E-state index contributed by atoms with van der Waals surface area (Å²) in [6.07, 6.45) is 3.05. The van der Waals surface area contributed by atoms with Gasteiger partial charge in [0, 0.05) is 36.3 Å². The molecule has 0 amide bonds. The summed E-state index contributed by atoms with van der Waals surface area (Å²) in [7, 11) is 0. The Balaban J connectivity index is 1.62. The number of carboxylic acids is 1. The molecule has 9 nitrogen and oxygen atoms in total. The Morgan fingerprint density at radius 3 is 2.28 bits per heavy atom. The number of hydrogen-bond acceptors (Lipinski definition) is 7. The number of benzene rings is 2. The summed E-state index contributed by atoms with van der Waals surface area (Å²) in [5, 5.41) is 18.9. The fourth-order valence-electron chi connectivity index (χ4n) is 6.03. The van der Waals surface area contributed by atoms with Crippen LogP contribution >= 0.6 is 0 Å². The van der Waals surface area contributed by atoms with Crippen LogP contribution in [0.3, 0.4) is 0 Å². The molecule has 2 aromatic heterocycles. The lowest BCUT2D eigenvalue weighted by Gasteiger charge is -2.41. The highest BCUT2D eigenvalue weighted by atomic mass is 19.1. The number of piperidine rings is 1. The molecule has 1 aliphatic heterocycles. The number of carbonyl (C=O) groups is 1. The average molecular weight is 644 g/mol. The van der Waals surface area contributed by atoms with Crippen molar-refractivity contribution < 1.29 is 23.8 Å². The largest absolute Gasteiger partial charge is 0.493 e. The van der Waals surface area contributed by atoms with E-state index >= 15 is 0 Å². The van der Waals surface area contributed by atoms with Gasteiger partial charge in [-0.2, -0.15) is 0 Å². The Morgan fingerprint density at radius 2 is 1.70 bits per heavy atom.